The van der Waals surface area contributed by atoms with Crippen molar-refractivity contribution >= 4 is 18.5 Å². The monoisotopic (exact) mass is 769 g/mol. The summed E-state index contributed by atoms with van der Waals surface area (Å²) in [7, 11) is 1.57. The van der Waals surface area contributed by atoms with Crippen LogP contribution in [0.4, 0.5) is 8.78 Å². The second kappa shape index (κ2) is 30.9. The number of carbonyl (C=O) groups is 2. The van der Waals surface area contributed by atoms with Crippen molar-refractivity contribution in [3.8, 4) is 23.0 Å². The zero-order valence-electron chi connectivity index (χ0n) is 33.1. The summed E-state index contributed by atoms with van der Waals surface area (Å²) >= 11 is 0. The fraction of sp³-hybridized carbons (Fsp3) is 0.395. The van der Waals surface area contributed by atoms with E-state index in [4.69, 9.17) is 14.2 Å². The second-order valence-electron chi connectivity index (χ2n) is 11.4. The molecular weight excluding hydrogens is 712 g/mol. The molecule has 10 nitrogen and oxygen atoms in total. The maximum atomic E-state index is 13.6. The van der Waals surface area contributed by atoms with Crippen LogP contribution in [0.1, 0.15) is 91.2 Å². The smallest absolute Gasteiger partial charge is 0.311 e. The van der Waals surface area contributed by atoms with Gasteiger partial charge in [-0.15, -0.1) is 10.1 Å². The summed E-state index contributed by atoms with van der Waals surface area (Å²) in [6.45, 7) is 11.5. The van der Waals surface area contributed by atoms with Crippen LogP contribution in [-0.2, 0) is 21.0 Å². The van der Waals surface area contributed by atoms with Gasteiger partial charge in [-0.2, -0.15) is 8.78 Å². The molecule has 302 valence electrons. The van der Waals surface area contributed by atoms with Gasteiger partial charge in [-0.3, -0.25) is 9.59 Å². The number of methoxy groups -OCH3 is 1. The summed E-state index contributed by atoms with van der Waals surface area (Å²) in [5.41, 5.74) is 1.57. The molecule has 3 rings (SSSR count). The van der Waals surface area contributed by atoms with Gasteiger partial charge in [0.2, 0.25) is 0 Å². The lowest BCUT2D eigenvalue weighted by Gasteiger charge is -2.15. The van der Waals surface area contributed by atoms with E-state index in [2.05, 4.69) is 16.5 Å². The molecule has 3 aromatic carbocycles. The van der Waals surface area contributed by atoms with Crippen molar-refractivity contribution in [2.24, 2.45) is 5.92 Å². The average molecular weight is 770 g/mol. The number of halogens is 2. The minimum Gasteiger partial charge on any atom is -0.493 e. The lowest BCUT2D eigenvalue weighted by Crippen LogP contribution is -2.23. The summed E-state index contributed by atoms with van der Waals surface area (Å²) in [4.78, 5) is 35.7. The van der Waals surface area contributed by atoms with Crippen LogP contribution < -0.4 is 18.9 Å². The summed E-state index contributed by atoms with van der Waals surface area (Å²) in [6.07, 6.45) is 15.5. The Morgan fingerprint density at radius 1 is 0.945 bits per heavy atom. The molecule has 0 amide bonds. The van der Waals surface area contributed by atoms with Crippen molar-refractivity contribution in [1.82, 2.24) is 0 Å². The normalized spacial score (nSPS) is 11.2. The number of benzene rings is 3. The molecule has 0 fully saturated rings. The number of rotatable bonds is 20. The van der Waals surface area contributed by atoms with Crippen LogP contribution in [0.25, 0.3) is 6.08 Å². The highest BCUT2D eigenvalue weighted by Crippen LogP contribution is 2.29. The van der Waals surface area contributed by atoms with E-state index in [9.17, 15) is 28.5 Å². The number of alkyl halides is 2. The topological polar surface area (TPSA) is 123 Å². The number of unbranched alkanes of at least 4 members (excludes halogenated alkanes) is 1. The fourth-order valence-electron chi connectivity index (χ4n) is 4.49. The molecule has 1 atom stereocenters. The number of hydrogen-bond acceptors (Lipinski definition) is 9. The van der Waals surface area contributed by atoms with Crippen LogP contribution in [-0.4, -0.2) is 37.2 Å². The van der Waals surface area contributed by atoms with Crippen LogP contribution in [0.3, 0.4) is 0 Å². The number of allylic oxidation sites excluding steroid dienone is 4. The number of carbonyl (C=O) groups excluding carboxylic acids is 2. The third kappa shape index (κ3) is 24.4. The van der Waals surface area contributed by atoms with Gasteiger partial charge in [0.05, 0.1) is 7.11 Å². The molecule has 0 heterocycles. The van der Waals surface area contributed by atoms with Crippen molar-refractivity contribution in [2.75, 3.05) is 13.7 Å². The van der Waals surface area contributed by atoms with Gasteiger partial charge in [0, 0.05) is 6.42 Å². The zero-order chi connectivity index (χ0) is 41.3. The van der Waals surface area contributed by atoms with Gasteiger partial charge in [-0.25, -0.2) is 0 Å². The van der Waals surface area contributed by atoms with Crippen LogP contribution in [0.15, 0.2) is 103 Å². The van der Waals surface area contributed by atoms with Crippen LogP contribution in [0.2, 0.25) is 0 Å². The first kappa shape index (κ1) is 49.5. The maximum Gasteiger partial charge on any atom is 0.311 e. The summed E-state index contributed by atoms with van der Waals surface area (Å²) in [5, 5.41) is 9.00. The van der Waals surface area contributed by atoms with E-state index in [-0.39, 0.29) is 25.0 Å². The molecule has 0 N–H and O–H groups in total. The first-order chi connectivity index (χ1) is 26.5. The Kier molecular flexibility index (Phi) is 27.8. The molecule has 0 saturated carbocycles. The molecular formula is C43H57F2NO9. The Morgan fingerprint density at radius 2 is 1.65 bits per heavy atom. The summed E-state index contributed by atoms with van der Waals surface area (Å²) < 4.78 is 47.5. The molecule has 1 unspecified atom stereocenters. The van der Waals surface area contributed by atoms with Crippen LogP contribution in [0, 0.1) is 16.0 Å². The molecule has 0 spiro atoms. The van der Waals surface area contributed by atoms with Crippen LogP contribution in [0.5, 0.6) is 23.0 Å². The molecule has 0 radical (unpaired) electrons. The van der Waals surface area contributed by atoms with Crippen LogP contribution >= 0.6 is 0 Å². The predicted octanol–water partition coefficient (Wildman–Crippen LogP) is 11.4. The van der Waals surface area contributed by atoms with Gasteiger partial charge in [0.25, 0.3) is 17.5 Å². The van der Waals surface area contributed by atoms with E-state index in [0.29, 0.717) is 35.0 Å². The molecule has 0 aliphatic rings. The minimum absolute atomic E-state index is 0.164. The second-order valence-corrected chi connectivity index (χ2v) is 11.4. The summed E-state index contributed by atoms with van der Waals surface area (Å²) in [6, 6.07) is 20.5. The van der Waals surface area contributed by atoms with E-state index in [1.807, 2.05) is 77.1 Å². The fourth-order valence-corrected chi connectivity index (χ4v) is 4.49. The van der Waals surface area contributed by atoms with Crippen molar-refractivity contribution < 1.29 is 47.2 Å². The third-order valence-electron chi connectivity index (χ3n) is 7.15. The van der Waals surface area contributed by atoms with Gasteiger partial charge in [-0.05, 0) is 99.0 Å². The molecule has 0 bridgehead atoms. The molecule has 0 aliphatic carbocycles. The average Bonchev–Trinajstić information content (AvgIpc) is 3.19. The Balaban J connectivity index is 0.000000788. The molecule has 0 aromatic heterocycles. The number of ether oxygens (including phenoxy) is 4. The van der Waals surface area contributed by atoms with E-state index in [0.717, 1.165) is 43.7 Å². The van der Waals surface area contributed by atoms with E-state index >= 15 is 0 Å². The first-order valence-electron chi connectivity index (χ1n) is 18.3. The Labute approximate surface area is 324 Å². The van der Waals surface area contributed by atoms with Crippen molar-refractivity contribution in [3.05, 3.63) is 124 Å². The Hall–Kier alpha value is -5.52. The molecule has 12 heteroatoms. The van der Waals surface area contributed by atoms with Crippen molar-refractivity contribution in [1.29, 1.82) is 0 Å². The number of hydrogen-bond donors (Lipinski definition) is 0. The third-order valence-corrected chi connectivity index (χ3v) is 7.15. The minimum atomic E-state index is -2.92. The van der Waals surface area contributed by atoms with Gasteiger partial charge >= 0.3 is 5.97 Å². The highest BCUT2D eigenvalue weighted by molar-refractivity contribution is 5.73. The van der Waals surface area contributed by atoms with Crippen molar-refractivity contribution in [2.45, 2.75) is 92.6 Å². The lowest BCUT2D eigenvalue weighted by atomic mass is 10.00. The largest absolute Gasteiger partial charge is 0.493 e. The predicted molar refractivity (Wildman–Crippen MR) is 213 cm³/mol. The molecule has 55 heavy (non-hydrogen) atoms. The molecule has 0 aliphatic heterocycles. The zero-order valence-corrected chi connectivity index (χ0v) is 33.1. The van der Waals surface area contributed by atoms with Gasteiger partial charge in [0.15, 0.2) is 18.1 Å². The molecule has 3 aromatic rings. The Morgan fingerprint density at radius 3 is 2.25 bits per heavy atom. The summed E-state index contributed by atoms with van der Waals surface area (Å²) in [5.74, 6) is -1.09. The first-order valence-corrected chi connectivity index (χ1v) is 18.3. The van der Waals surface area contributed by atoms with E-state index < -0.39 is 17.6 Å². The van der Waals surface area contributed by atoms with Gasteiger partial charge < -0.3 is 23.8 Å². The number of nitrogens with zero attached hydrogens (tertiary/aromatic N) is 1. The lowest BCUT2D eigenvalue weighted by molar-refractivity contribution is -0.763. The standard InChI is InChI=1S/C17H22O3.C16H22F2O.C8H7NO5.C2H6/c1-4-6-7-8-10-17(18)20-15-12-11-14(9-5-2)13-16(15)19-3;1-3-8-14(4-2)11-12-16(17,18)13-19-15-9-6-5-7-10-15;10-6-13-8-3-1-2-7(4-8)5-14-9(11)12;1-2/h4-6,9,11-13H,7-8,10H2,1-3H3;5-7,9-12,14H,3-4,8,13H2,1-2H3;1-4,6H,5H2;1-2H3/b6-4-,9-5+;12-11+;;. The van der Waals surface area contributed by atoms with Crippen molar-refractivity contribution in [3.63, 3.8) is 0 Å². The van der Waals surface area contributed by atoms with E-state index in [1.165, 1.54) is 6.07 Å². The highest BCUT2D eigenvalue weighted by Gasteiger charge is 2.26. The molecule has 0 saturated heterocycles. The number of esters is 1. The van der Waals surface area contributed by atoms with Gasteiger partial charge in [-0.1, -0.05) is 101 Å². The maximum absolute atomic E-state index is 13.6. The highest BCUT2D eigenvalue weighted by atomic mass is 19.3. The Bertz CT molecular complexity index is 1580. The quantitative estimate of drug-likeness (QED) is 0.0210. The number of para-hydroxylation sites is 1. The van der Waals surface area contributed by atoms with E-state index in [1.54, 1.807) is 61.7 Å². The van der Waals surface area contributed by atoms with Gasteiger partial charge in [0.1, 0.15) is 18.1 Å². The SMILES string of the molecule is C/C=C\CCCC(=O)Oc1ccc(/C=C/C)cc1OC.CC.CCCC(/C=C/C(F)(F)COc1ccccc1)CC.O=COc1cccc(CO[N+](=O)[O-])c1.